The molecule has 1 unspecified atom stereocenters. The first-order chi connectivity index (χ1) is 13.1. The van der Waals surface area contributed by atoms with Crippen LogP contribution in [0.5, 0.6) is 23.0 Å². The van der Waals surface area contributed by atoms with Crippen LogP contribution in [-0.4, -0.2) is 28.4 Å². The summed E-state index contributed by atoms with van der Waals surface area (Å²) in [5, 5.41) is 0. The highest BCUT2D eigenvalue weighted by atomic mass is 16.6. The van der Waals surface area contributed by atoms with Crippen molar-refractivity contribution >= 4 is 0 Å². The fourth-order valence-electron chi connectivity index (χ4n) is 3.38. The van der Waals surface area contributed by atoms with E-state index in [1.807, 2.05) is 12.1 Å². The van der Waals surface area contributed by atoms with Crippen molar-refractivity contribution in [1.82, 2.24) is 5.48 Å². The molecule has 0 aromatic heterocycles. The van der Waals surface area contributed by atoms with Crippen LogP contribution in [0.2, 0.25) is 0 Å². The van der Waals surface area contributed by atoms with Crippen molar-refractivity contribution in [2.75, 3.05) is 28.4 Å². The van der Waals surface area contributed by atoms with Crippen LogP contribution in [0.25, 0.3) is 0 Å². The van der Waals surface area contributed by atoms with Crippen LogP contribution in [0.4, 0.5) is 0 Å². The Morgan fingerprint density at radius 1 is 0.889 bits per heavy atom. The minimum Gasteiger partial charge on any atom is -0.493 e. The molecular weight excluding hydrogens is 346 g/mol. The summed E-state index contributed by atoms with van der Waals surface area (Å²) in [5.74, 6) is 2.01. The second-order valence-corrected chi connectivity index (χ2v) is 6.11. The van der Waals surface area contributed by atoms with Crippen LogP contribution in [0.1, 0.15) is 23.6 Å². The summed E-state index contributed by atoms with van der Waals surface area (Å²) >= 11 is 0. The van der Waals surface area contributed by atoms with Crippen molar-refractivity contribution in [1.29, 1.82) is 0 Å². The van der Waals surface area contributed by atoms with E-state index in [9.17, 15) is 0 Å². The van der Waals surface area contributed by atoms with Gasteiger partial charge >= 0.3 is 0 Å². The molecule has 1 heterocycles. The van der Waals surface area contributed by atoms with E-state index in [-0.39, 0.29) is 0 Å². The molecule has 0 saturated heterocycles. The van der Waals surface area contributed by atoms with Gasteiger partial charge in [0.2, 0.25) is 11.5 Å². The van der Waals surface area contributed by atoms with E-state index in [2.05, 4.69) is 36.7 Å². The number of hydroxylamine groups is 1. The third kappa shape index (κ3) is 3.06. The lowest BCUT2D eigenvalue weighted by Crippen LogP contribution is -2.37. The number of methoxy groups -OCH3 is 4. The van der Waals surface area contributed by atoms with Crippen molar-refractivity contribution in [2.45, 2.75) is 18.9 Å². The molecule has 0 fully saturated rings. The summed E-state index contributed by atoms with van der Waals surface area (Å²) < 4.78 is 22.3. The second kappa shape index (κ2) is 7.80. The van der Waals surface area contributed by atoms with Crippen molar-refractivity contribution in [3.05, 3.63) is 59.4 Å². The predicted molar refractivity (Wildman–Crippen MR) is 103 cm³/mol. The molecule has 0 bridgehead atoms. The summed E-state index contributed by atoms with van der Waals surface area (Å²) in [6.07, 6.45) is 4.54. The van der Waals surface area contributed by atoms with Crippen LogP contribution >= 0.6 is 0 Å². The first-order valence-electron chi connectivity index (χ1n) is 8.72. The standard InChI is InChI=1S/C21H25NO5/c1-6-14-7-9-15(10-8-14)21(11-12-27-22-21)16-13-17(23-2)19(25-4)20(26-5)18(16)24-3/h7-13,22H,6H2,1-5H3. The number of nitrogens with one attached hydrogen (secondary N) is 1. The Hall–Kier alpha value is -2.86. The molecule has 0 saturated carbocycles. The lowest BCUT2D eigenvalue weighted by molar-refractivity contribution is 0.112. The minimum atomic E-state index is -0.759. The van der Waals surface area contributed by atoms with E-state index in [1.165, 1.54) is 5.56 Å². The molecule has 1 aliphatic heterocycles. The predicted octanol–water partition coefficient (Wildman–Crippen LogP) is 3.58. The zero-order chi connectivity index (χ0) is 19.4. The maximum atomic E-state index is 5.72. The van der Waals surface area contributed by atoms with Crippen LogP contribution < -0.4 is 24.4 Å². The van der Waals surface area contributed by atoms with Crippen LogP contribution in [0.15, 0.2) is 42.7 Å². The van der Waals surface area contributed by atoms with E-state index in [4.69, 9.17) is 23.8 Å². The van der Waals surface area contributed by atoms with Gasteiger partial charge in [0.05, 0.1) is 28.4 Å². The van der Waals surface area contributed by atoms with Gasteiger partial charge in [0.1, 0.15) is 11.8 Å². The normalized spacial score (nSPS) is 18.1. The third-order valence-corrected chi connectivity index (χ3v) is 4.84. The molecule has 0 amide bonds. The highest BCUT2D eigenvalue weighted by Gasteiger charge is 2.41. The van der Waals surface area contributed by atoms with E-state index in [0.717, 1.165) is 17.5 Å². The lowest BCUT2D eigenvalue weighted by Gasteiger charge is -2.30. The second-order valence-electron chi connectivity index (χ2n) is 6.11. The molecule has 27 heavy (non-hydrogen) atoms. The first-order valence-corrected chi connectivity index (χ1v) is 8.72. The molecule has 6 heteroatoms. The van der Waals surface area contributed by atoms with Gasteiger partial charge in [-0.1, -0.05) is 31.2 Å². The molecule has 6 nitrogen and oxygen atoms in total. The fourth-order valence-corrected chi connectivity index (χ4v) is 3.38. The Labute approximate surface area is 159 Å². The summed E-state index contributed by atoms with van der Waals surface area (Å²) in [6, 6.07) is 10.2. The van der Waals surface area contributed by atoms with Crippen LogP contribution in [-0.2, 0) is 16.8 Å². The van der Waals surface area contributed by atoms with Gasteiger partial charge in [0.25, 0.3) is 0 Å². The summed E-state index contributed by atoms with van der Waals surface area (Å²) in [6.45, 7) is 2.13. The van der Waals surface area contributed by atoms with Gasteiger partial charge < -0.3 is 23.8 Å². The third-order valence-electron chi connectivity index (χ3n) is 4.84. The molecule has 1 atom stereocenters. The number of rotatable bonds is 7. The highest BCUT2D eigenvalue weighted by Crippen LogP contribution is 2.51. The van der Waals surface area contributed by atoms with Crippen molar-refractivity contribution in [2.24, 2.45) is 0 Å². The molecular formula is C21H25NO5. The number of ether oxygens (including phenoxy) is 4. The Morgan fingerprint density at radius 3 is 2.04 bits per heavy atom. The molecule has 2 aromatic rings. The molecule has 1 aliphatic rings. The van der Waals surface area contributed by atoms with Gasteiger partial charge in [-0.25, -0.2) is 0 Å². The minimum absolute atomic E-state index is 0.459. The number of benzene rings is 2. The number of hydrogen-bond acceptors (Lipinski definition) is 6. The molecule has 2 aromatic carbocycles. The van der Waals surface area contributed by atoms with Gasteiger partial charge in [-0.15, -0.1) is 5.48 Å². The quantitative estimate of drug-likeness (QED) is 0.803. The topological polar surface area (TPSA) is 58.2 Å². The molecule has 0 spiro atoms. The monoisotopic (exact) mass is 371 g/mol. The van der Waals surface area contributed by atoms with Crippen molar-refractivity contribution in [3.63, 3.8) is 0 Å². The van der Waals surface area contributed by atoms with Gasteiger partial charge in [-0.3, -0.25) is 0 Å². The largest absolute Gasteiger partial charge is 0.493 e. The number of aryl methyl sites for hydroxylation is 1. The van der Waals surface area contributed by atoms with Crippen molar-refractivity contribution in [3.8, 4) is 23.0 Å². The van der Waals surface area contributed by atoms with E-state index < -0.39 is 5.54 Å². The van der Waals surface area contributed by atoms with Gasteiger partial charge in [0, 0.05) is 5.56 Å². The average Bonchev–Trinajstić information content (AvgIpc) is 3.22. The molecule has 1 N–H and O–H groups in total. The van der Waals surface area contributed by atoms with Gasteiger partial charge in [0.15, 0.2) is 11.5 Å². The smallest absolute Gasteiger partial charge is 0.207 e. The van der Waals surface area contributed by atoms with E-state index in [0.29, 0.717) is 23.0 Å². The average molecular weight is 371 g/mol. The lowest BCUT2D eigenvalue weighted by atomic mass is 9.82. The van der Waals surface area contributed by atoms with Crippen molar-refractivity contribution < 1.29 is 23.8 Å². The highest BCUT2D eigenvalue weighted by molar-refractivity contribution is 5.67. The van der Waals surface area contributed by atoms with E-state index >= 15 is 0 Å². The first kappa shape index (κ1) is 18.9. The van der Waals surface area contributed by atoms with Gasteiger partial charge in [-0.2, -0.15) is 0 Å². The summed E-state index contributed by atoms with van der Waals surface area (Å²) in [5.41, 5.74) is 5.40. The fraction of sp³-hybridized carbons (Fsp3) is 0.333. The Balaban J connectivity index is 2.28. The Morgan fingerprint density at radius 2 is 1.56 bits per heavy atom. The zero-order valence-corrected chi connectivity index (χ0v) is 16.3. The molecule has 3 rings (SSSR count). The summed E-state index contributed by atoms with van der Waals surface area (Å²) in [4.78, 5) is 5.43. The molecule has 0 radical (unpaired) electrons. The SMILES string of the molecule is CCc1ccc(C2(c3cc(OC)c(OC)c(OC)c3OC)C=CON2)cc1. The Kier molecular flexibility index (Phi) is 5.46. The van der Waals surface area contributed by atoms with Crippen LogP contribution in [0.3, 0.4) is 0 Å². The van der Waals surface area contributed by atoms with E-state index in [1.54, 1.807) is 34.7 Å². The van der Waals surface area contributed by atoms with Gasteiger partial charge in [-0.05, 0) is 29.7 Å². The summed E-state index contributed by atoms with van der Waals surface area (Å²) in [7, 11) is 6.32. The maximum Gasteiger partial charge on any atom is 0.207 e. The molecule has 144 valence electrons. The Bertz CT molecular complexity index is 831. The number of hydrogen-bond donors (Lipinski definition) is 1. The zero-order valence-electron chi connectivity index (χ0n) is 16.3. The molecule has 0 aliphatic carbocycles. The van der Waals surface area contributed by atoms with Crippen LogP contribution in [0, 0.1) is 0 Å². The maximum absolute atomic E-state index is 5.72.